The van der Waals surface area contributed by atoms with Crippen LogP contribution in [0.15, 0.2) is 16.6 Å². The van der Waals surface area contributed by atoms with Gasteiger partial charge in [-0.3, -0.25) is 4.90 Å². The van der Waals surface area contributed by atoms with Gasteiger partial charge in [0.15, 0.2) is 0 Å². The minimum absolute atomic E-state index is 0.281. The lowest BCUT2D eigenvalue weighted by atomic mass is 10.0. The van der Waals surface area contributed by atoms with Gasteiger partial charge in [0.05, 0.1) is 4.47 Å². The fraction of sp³-hybridized carbons (Fsp3) is 0.538. The third-order valence-electron chi connectivity index (χ3n) is 4.08. The number of hydrogen-bond acceptors (Lipinski definition) is 1. The minimum atomic E-state index is -0.382. The molecule has 0 atom stereocenters. The van der Waals surface area contributed by atoms with Gasteiger partial charge in [0.2, 0.25) is 0 Å². The van der Waals surface area contributed by atoms with E-state index in [0.29, 0.717) is 24.2 Å². The van der Waals surface area contributed by atoms with Gasteiger partial charge in [-0.15, -0.1) is 0 Å². The molecule has 1 aromatic carbocycles. The summed E-state index contributed by atoms with van der Waals surface area (Å²) >= 11 is 3.16. The van der Waals surface area contributed by atoms with Crippen LogP contribution in [0.2, 0.25) is 0 Å². The van der Waals surface area contributed by atoms with E-state index >= 15 is 0 Å². The lowest BCUT2D eigenvalue weighted by Crippen LogP contribution is -2.28. The zero-order valence-corrected chi connectivity index (χ0v) is 11.0. The van der Waals surface area contributed by atoms with E-state index in [2.05, 4.69) is 20.8 Å². The van der Waals surface area contributed by atoms with Gasteiger partial charge in [0, 0.05) is 24.2 Å². The van der Waals surface area contributed by atoms with Crippen LogP contribution in [0.4, 0.5) is 8.78 Å². The average Bonchev–Trinajstić information content (AvgIpc) is 2.89. The standard InChI is InChI=1S/C13H14BrF2N/c14-13-10(11(15)5-6-12(13)16)7-17-8-1-2-9(17)4-3-8/h5-6,8-9H,1-4,7H2. The zero-order valence-electron chi connectivity index (χ0n) is 9.43. The van der Waals surface area contributed by atoms with Crippen LogP contribution in [0, 0.1) is 11.6 Å². The van der Waals surface area contributed by atoms with Crippen molar-refractivity contribution in [3.05, 3.63) is 33.8 Å². The normalized spacial score (nSPS) is 27.9. The first-order valence-corrected chi connectivity index (χ1v) is 6.84. The van der Waals surface area contributed by atoms with E-state index in [4.69, 9.17) is 0 Å². The van der Waals surface area contributed by atoms with Gasteiger partial charge in [-0.2, -0.15) is 0 Å². The molecule has 0 amide bonds. The minimum Gasteiger partial charge on any atom is -0.293 e. The maximum Gasteiger partial charge on any atom is 0.137 e. The predicted molar refractivity (Wildman–Crippen MR) is 65.6 cm³/mol. The first-order valence-electron chi connectivity index (χ1n) is 6.05. The molecular formula is C13H14BrF2N. The fourth-order valence-corrected chi connectivity index (χ4v) is 3.62. The van der Waals surface area contributed by atoms with Crippen LogP contribution >= 0.6 is 15.9 Å². The summed E-state index contributed by atoms with van der Waals surface area (Å²) in [6.45, 7) is 0.527. The molecule has 0 saturated carbocycles. The highest BCUT2D eigenvalue weighted by Gasteiger charge is 2.39. The van der Waals surface area contributed by atoms with Crippen molar-refractivity contribution in [1.29, 1.82) is 0 Å². The molecule has 2 heterocycles. The predicted octanol–water partition coefficient (Wildman–Crippen LogP) is 3.85. The first-order chi connectivity index (χ1) is 8.16. The average molecular weight is 302 g/mol. The Labute approximate surface area is 108 Å². The van der Waals surface area contributed by atoms with E-state index in [9.17, 15) is 8.78 Å². The number of fused-ring (bicyclic) bond motifs is 2. The smallest absolute Gasteiger partial charge is 0.137 e. The lowest BCUT2D eigenvalue weighted by molar-refractivity contribution is 0.239. The van der Waals surface area contributed by atoms with Crippen molar-refractivity contribution in [2.45, 2.75) is 44.3 Å². The van der Waals surface area contributed by atoms with Crippen LogP contribution in [0.25, 0.3) is 0 Å². The van der Waals surface area contributed by atoms with Crippen LogP contribution in [0.3, 0.4) is 0 Å². The zero-order chi connectivity index (χ0) is 12.0. The van der Waals surface area contributed by atoms with E-state index in [-0.39, 0.29) is 16.1 Å². The highest BCUT2D eigenvalue weighted by atomic mass is 79.9. The monoisotopic (exact) mass is 301 g/mol. The molecule has 1 aromatic rings. The van der Waals surface area contributed by atoms with Crippen molar-refractivity contribution in [2.24, 2.45) is 0 Å². The second-order valence-corrected chi connectivity index (χ2v) is 5.75. The highest BCUT2D eigenvalue weighted by molar-refractivity contribution is 9.10. The topological polar surface area (TPSA) is 3.24 Å². The number of benzene rings is 1. The highest BCUT2D eigenvalue weighted by Crippen LogP contribution is 2.39. The summed E-state index contributed by atoms with van der Waals surface area (Å²) in [4.78, 5) is 2.34. The summed E-state index contributed by atoms with van der Waals surface area (Å²) in [6.07, 6.45) is 4.83. The lowest BCUT2D eigenvalue weighted by Gasteiger charge is -2.22. The Bertz CT molecular complexity index is 429. The van der Waals surface area contributed by atoms with E-state index in [1.54, 1.807) is 0 Å². The van der Waals surface area contributed by atoms with Gasteiger partial charge in [-0.25, -0.2) is 8.78 Å². The van der Waals surface area contributed by atoms with Crippen LogP contribution in [-0.4, -0.2) is 17.0 Å². The van der Waals surface area contributed by atoms with Crippen molar-refractivity contribution < 1.29 is 8.78 Å². The Kier molecular flexibility index (Phi) is 2.95. The second kappa shape index (κ2) is 4.32. The summed E-state index contributed by atoms with van der Waals surface area (Å²) in [6, 6.07) is 3.54. The van der Waals surface area contributed by atoms with Crippen molar-refractivity contribution in [2.75, 3.05) is 0 Å². The molecule has 0 radical (unpaired) electrons. The fourth-order valence-electron chi connectivity index (χ4n) is 3.17. The molecule has 0 unspecified atom stereocenters. The van der Waals surface area contributed by atoms with Crippen LogP contribution in [-0.2, 0) is 6.54 Å². The molecule has 0 aliphatic carbocycles. The molecule has 2 aliphatic heterocycles. The number of halogens is 3. The molecule has 92 valence electrons. The van der Waals surface area contributed by atoms with Gasteiger partial charge >= 0.3 is 0 Å². The van der Waals surface area contributed by atoms with Gasteiger partial charge in [-0.05, 0) is 53.7 Å². The summed E-state index contributed by atoms with van der Waals surface area (Å²) in [7, 11) is 0. The molecule has 0 aromatic heterocycles. The van der Waals surface area contributed by atoms with Crippen LogP contribution in [0.5, 0.6) is 0 Å². The third-order valence-corrected chi connectivity index (χ3v) is 4.94. The molecule has 1 nitrogen and oxygen atoms in total. The van der Waals surface area contributed by atoms with E-state index in [1.165, 1.54) is 37.8 Å². The first kappa shape index (κ1) is 11.6. The Balaban J connectivity index is 1.88. The molecule has 3 rings (SSSR count). The van der Waals surface area contributed by atoms with Crippen molar-refractivity contribution in [3.63, 3.8) is 0 Å². The number of nitrogens with zero attached hydrogens (tertiary/aromatic N) is 1. The van der Waals surface area contributed by atoms with Crippen LogP contribution < -0.4 is 0 Å². The molecule has 4 heteroatoms. The third kappa shape index (κ3) is 1.91. The van der Waals surface area contributed by atoms with Crippen molar-refractivity contribution in [3.8, 4) is 0 Å². The number of rotatable bonds is 2. The van der Waals surface area contributed by atoms with Gasteiger partial charge in [0.25, 0.3) is 0 Å². The Hall–Kier alpha value is -0.480. The quantitative estimate of drug-likeness (QED) is 0.750. The van der Waals surface area contributed by atoms with Gasteiger partial charge in [0.1, 0.15) is 11.6 Å². The van der Waals surface area contributed by atoms with Gasteiger partial charge in [-0.1, -0.05) is 0 Å². The van der Waals surface area contributed by atoms with E-state index < -0.39 is 0 Å². The molecule has 17 heavy (non-hydrogen) atoms. The maximum atomic E-state index is 13.7. The van der Waals surface area contributed by atoms with Crippen molar-refractivity contribution in [1.82, 2.24) is 4.90 Å². The van der Waals surface area contributed by atoms with E-state index in [1.807, 2.05) is 0 Å². The second-order valence-electron chi connectivity index (χ2n) is 4.96. The summed E-state index contributed by atoms with van der Waals surface area (Å²) < 4.78 is 27.4. The molecule has 2 bridgehead atoms. The van der Waals surface area contributed by atoms with E-state index in [0.717, 1.165) is 0 Å². The Morgan fingerprint density at radius 2 is 1.59 bits per heavy atom. The Morgan fingerprint density at radius 3 is 2.18 bits per heavy atom. The summed E-state index contributed by atoms with van der Waals surface area (Å²) in [5.74, 6) is -0.697. The molecular weight excluding hydrogens is 288 g/mol. The SMILES string of the molecule is Fc1ccc(F)c(CN2C3CCC2CC3)c1Br. The van der Waals surface area contributed by atoms with Crippen LogP contribution in [0.1, 0.15) is 31.2 Å². The summed E-state index contributed by atoms with van der Waals surface area (Å²) in [5, 5.41) is 0. The van der Waals surface area contributed by atoms with Crippen molar-refractivity contribution >= 4 is 15.9 Å². The number of hydrogen-bond donors (Lipinski definition) is 0. The maximum absolute atomic E-state index is 13.7. The largest absolute Gasteiger partial charge is 0.293 e. The molecule has 0 N–H and O–H groups in total. The molecule has 2 fully saturated rings. The summed E-state index contributed by atoms with van der Waals surface area (Å²) in [5.41, 5.74) is 0.462. The Morgan fingerprint density at radius 1 is 1.06 bits per heavy atom. The molecule has 2 aliphatic rings. The van der Waals surface area contributed by atoms with Gasteiger partial charge < -0.3 is 0 Å². The molecule has 2 saturated heterocycles. The molecule has 0 spiro atoms.